The van der Waals surface area contributed by atoms with Crippen LogP contribution in [0.3, 0.4) is 0 Å². The minimum Gasteiger partial charge on any atom is -0.382 e. The standard InChI is InChI=1S/C14H25N3S2/c1-14(2,3)10-6-5-8-17(9-7-10)13-11(18-4)12(15)16-19-13/h10H,5-9H2,1-4H3,(H2,15,16). The molecule has 3 nitrogen and oxygen atoms in total. The van der Waals surface area contributed by atoms with E-state index in [1.807, 2.05) is 0 Å². The molecule has 0 spiro atoms. The summed E-state index contributed by atoms with van der Waals surface area (Å²) in [6, 6.07) is 0. The van der Waals surface area contributed by atoms with Gasteiger partial charge in [-0.25, -0.2) is 0 Å². The highest BCUT2D eigenvalue weighted by Crippen LogP contribution is 2.40. The smallest absolute Gasteiger partial charge is 0.153 e. The maximum Gasteiger partial charge on any atom is 0.153 e. The lowest BCUT2D eigenvalue weighted by Crippen LogP contribution is -2.25. The monoisotopic (exact) mass is 299 g/mol. The number of nitrogens with two attached hydrogens (primary N) is 1. The Kier molecular flexibility index (Phi) is 4.66. The van der Waals surface area contributed by atoms with Gasteiger partial charge in [0.2, 0.25) is 0 Å². The average Bonchev–Trinajstić information content (AvgIpc) is 2.57. The molecule has 0 aliphatic carbocycles. The fourth-order valence-electron chi connectivity index (χ4n) is 2.84. The second-order valence-electron chi connectivity index (χ2n) is 6.39. The van der Waals surface area contributed by atoms with Crippen molar-refractivity contribution in [3.63, 3.8) is 0 Å². The van der Waals surface area contributed by atoms with Crippen molar-refractivity contribution in [3.8, 4) is 0 Å². The van der Waals surface area contributed by atoms with E-state index in [1.165, 1.54) is 29.2 Å². The van der Waals surface area contributed by atoms with E-state index in [2.05, 4.69) is 36.3 Å². The summed E-state index contributed by atoms with van der Waals surface area (Å²) in [7, 11) is 0. The van der Waals surface area contributed by atoms with E-state index in [0.29, 0.717) is 11.2 Å². The van der Waals surface area contributed by atoms with Crippen molar-refractivity contribution in [3.05, 3.63) is 0 Å². The van der Waals surface area contributed by atoms with Crippen LogP contribution in [0.25, 0.3) is 0 Å². The van der Waals surface area contributed by atoms with Gasteiger partial charge < -0.3 is 10.6 Å². The number of nitrogen functional groups attached to an aromatic ring is 1. The van der Waals surface area contributed by atoms with E-state index in [0.717, 1.165) is 19.0 Å². The molecule has 0 saturated carbocycles. The zero-order valence-corrected chi connectivity index (χ0v) is 14.0. The molecule has 1 fully saturated rings. The predicted octanol–water partition coefficient (Wildman–Crippen LogP) is 4.10. The summed E-state index contributed by atoms with van der Waals surface area (Å²) in [4.78, 5) is 3.66. The van der Waals surface area contributed by atoms with E-state index < -0.39 is 0 Å². The number of aromatic nitrogens is 1. The fourth-order valence-corrected chi connectivity index (χ4v) is 4.58. The van der Waals surface area contributed by atoms with Crippen molar-refractivity contribution in [2.75, 3.05) is 30.0 Å². The molecule has 1 atom stereocenters. The van der Waals surface area contributed by atoms with Crippen LogP contribution in [-0.4, -0.2) is 23.7 Å². The van der Waals surface area contributed by atoms with Gasteiger partial charge in [0.05, 0.1) is 4.90 Å². The molecular weight excluding hydrogens is 274 g/mol. The summed E-state index contributed by atoms with van der Waals surface area (Å²) in [5.74, 6) is 1.52. The van der Waals surface area contributed by atoms with Crippen LogP contribution in [0.2, 0.25) is 0 Å². The minimum absolute atomic E-state index is 0.422. The maximum absolute atomic E-state index is 5.95. The van der Waals surface area contributed by atoms with Crippen LogP contribution in [0.1, 0.15) is 40.0 Å². The lowest BCUT2D eigenvalue weighted by Gasteiger charge is -2.29. The molecular formula is C14H25N3S2. The Morgan fingerprint density at radius 3 is 2.68 bits per heavy atom. The molecule has 1 aromatic rings. The van der Waals surface area contributed by atoms with Gasteiger partial charge in [-0.05, 0) is 48.4 Å². The van der Waals surface area contributed by atoms with E-state index >= 15 is 0 Å². The predicted molar refractivity (Wildman–Crippen MR) is 87.3 cm³/mol. The molecule has 2 N–H and O–H groups in total. The lowest BCUT2D eigenvalue weighted by molar-refractivity contribution is 0.220. The molecule has 5 heteroatoms. The Bertz CT molecular complexity index is 423. The van der Waals surface area contributed by atoms with E-state index in [1.54, 1.807) is 23.3 Å². The van der Waals surface area contributed by atoms with Crippen molar-refractivity contribution in [2.45, 2.75) is 44.9 Å². The van der Waals surface area contributed by atoms with Gasteiger partial charge in [-0.2, -0.15) is 4.37 Å². The first-order chi connectivity index (χ1) is 8.93. The Labute approximate surface area is 125 Å². The molecule has 0 amide bonds. The molecule has 2 heterocycles. The van der Waals surface area contributed by atoms with Crippen molar-refractivity contribution in [1.29, 1.82) is 0 Å². The Hall–Kier alpha value is -0.420. The van der Waals surface area contributed by atoms with Crippen LogP contribution in [0.5, 0.6) is 0 Å². The van der Waals surface area contributed by atoms with Gasteiger partial charge in [0, 0.05) is 13.1 Å². The Morgan fingerprint density at radius 2 is 2.05 bits per heavy atom. The summed E-state index contributed by atoms with van der Waals surface area (Å²) < 4.78 is 4.32. The first-order valence-electron chi connectivity index (χ1n) is 6.97. The van der Waals surface area contributed by atoms with Crippen LogP contribution in [0.4, 0.5) is 10.8 Å². The van der Waals surface area contributed by atoms with Crippen molar-refractivity contribution >= 4 is 34.1 Å². The second-order valence-corrected chi connectivity index (χ2v) is 7.96. The third-order valence-corrected chi connectivity index (χ3v) is 5.96. The molecule has 1 aliphatic rings. The molecule has 19 heavy (non-hydrogen) atoms. The molecule has 2 rings (SSSR count). The number of rotatable bonds is 2. The van der Waals surface area contributed by atoms with Crippen molar-refractivity contribution in [2.24, 2.45) is 11.3 Å². The summed E-state index contributed by atoms with van der Waals surface area (Å²) in [5.41, 5.74) is 6.37. The van der Waals surface area contributed by atoms with E-state index in [-0.39, 0.29) is 0 Å². The van der Waals surface area contributed by atoms with Gasteiger partial charge in [0.1, 0.15) is 5.00 Å². The number of hydrogen-bond acceptors (Lipinski definition) is 5. The molecule has 1 aromatic heterocycles. The third kappa shape index (κ3) is 3.37. The highest BCUT2D eigenvalue weighted by atomic mass is 32.2. The lowest BCUT2D eigenvalue weighted by atomic mass is 9.77. The largest absolute Gasteiger partial charge is 0.382 e. The molecule has 108 valence electrons. The van der Waals surface area contributed by atoms with Crippen LogP contribution in [-0.2, 0) is 0 Å². The van der Waals surface area contributed by atoms with E-state index in [9.17, 15) is 0 Å². The number of hydrogen-bond donors (Lipinski definition) is 1. The van der Waals surface area contributed by atoms with Crippen LogP contribution in [0, 0.1) is 11.3 Å². The van der Waals surface area contributed by atoms with Gasteiger partial charge in [0.15, 0.2) is 5.82 Å². The highest BCUT2D eigenvalue weighted by Gasteiger charge is 2.28. The van der Waals surface area contributed by atoms with Crippen molar-refractivity contribution in [1.82, 2.24) is 4.37 Å². The third-order valence-electron chi connectivity index (χ3n) is 4.10. The fraction of sp³-hybridized carbons (Fsp3) is 0.786. The first-order valence-corrected chi connectivity index (χ1v) is 8.97. The topological polar surface area (TPSA) is 42.1 Å². The molecule has 0 bridgehead atoms. The van der Waals surface area contributed by atoms with Gasteiger partial charge in [-0.15, -0.1) is 11.8 Å². The van der Waals surface area contributed by atoms with Gasteiger partial charge in [0.25, 0.3) is 0 Å². The number of thioether (sulfide) groups is 1. The quantitative estimate of drug-likeness (QED) is 0.835. The average molecular weight is 300 g/mol. The second kappa shape index (κ2) is 5.92. The van der Waals surface area contributed by atoms with Crippen molar-refractivity contribution < 1.29 is 0 Å². The van der Waals surface area contributed by atoms with Gasteiger partial charge in [-0.1, -0.05) is 20.8 Å². The van der Waals surface area contributed by atoms with Crippen LogP contribution in [0.15, 0.2) is 4.90 Å². The Morgan fingerprint density at radius 1 is 1.32 bits per heavy atom. The molecule has 0 radical (unpaired) electrons. The highest BCUT2D eigenvalue weighted by molar-refractivity contribution is 7.99. The zero-order chi connectivity index (χ0) is 14.0. The SMILES string of the molecule is CSc1c(N)nsc1N1CCCC(C(C)(C)C)CC1. The van der Waals surface area contributed by atoms with E-state index in [4.69, 9.17) is 5.73 Å². The molecule has 0 aromatic carbocycles. The minimum atomic E-state index is 0.422. The van der Waals surface area contributed by atoms with Gasteiger partial charge >= 0.3 is 0 Å². The summed E-state index contributed by atoms with van der Waals surface area (Å²) in [6.07, 6.45) is 5.96. The van der Waals surface area contributed by atoms with Crippen LogP contribution >= 0.6 is 23.3 Å². The molecule has 1 aliphatic heterocycles. The summed E-state index contributed by atoms with van der Waals surface area (Å²) in [5, 5.41) is 1.28. The summed E-state index contributed by atoms with van der Waals surface area (Å²) >= 11 is 3.27. The van der Waals surface area contributed by atoms with Crippen LogP contribution < -0.4 is 10.6 Å². The maximum atomic E-state index is 5.95. The molecule has 1 saturated heterocycles. The molecule has 1 unspecified atom stereocenters. The Balaban J connectivity index is 2.11. The zero-order valence-electron chi connectivity index (χ0n) is 12.4. The number of nitrogens with zero attached hydrogens (tertiary/aromatic N) is 2. The number of anilines is 2. The summed E-state index contributed by atoms with van der Waals surface area (Å²) in [6.45, 7) is 9.38. The first kappa shape index (κ1) is 15.0. The van der Waals surface area contributed by atoms with Gasteiger partial charge in [-0.3, -0.25) is 0 Å². The normalized spacial score (nSPS) is 21.5.